The van der Waals surface area contributed by atoms with E-state index in [0.717, 1.165) is 18.4 Å². The van der Waals surface area contributed by atoms with Crippen molar-refractivity contribution in [3.8, 4) is 0 Å². The third-order valence-electron chi connectivity index (χ3n) is 6.28. The van der Waals surface area contributed by atoms with Crippen LogP contribution in [-0.4, -0.2) is 17.9 Å². The van der Waals surface area contributed by atoms with Crippen LogP contribution in [-0.2, 0) is 34.9 Å². The maximum Gasteiger partial charge on any atom is 0.363 e. The Bertz CT molecular complexity index is 784. The molecule has 0 N–H and O–H groups in total. The molecule has 126 valence electrons. The molecule has 1 saturated heterocycles. The van der Waals surface area contributed by atoms with E-state index < -0.39 is 40.3 Å². The Morgan fingerprint density at radius 3 is 2.38 bits per heavy atom. The van der Waals surface area contributed by atoms with Gasteiger partial charge in [-0.05, 0) is 25.3 Å². The van der Waals surface area contributed by atoms with Crippen LogP contribution in [0, 0.1) is 11.3 Å². The highest BCUT2D eigenvalue weighted by Gasteiger charge is 2.75. The van der Waals surface area contributed by atoms with Crippen molar-refractivity contribution in [3.05, 3.63) is 35.4 Å². The van der Waals surface area contributed by atoms with Crippen LogP contribution in [0.5, 0.6) is 0 Å². The van der Waals surface area contributed by atoms with Crippen molar-refractivity contribution < 1.29 is 23.9 Å². The lowest BCUT2D eigenvalue weighted by Crippen LogP contribution is -2.64. The summed E-state index contributed by atoms with van der Waals surface area (Å²) >= 11 is 0. The van der Waals surface area contributed by atoms with Gasteiger partial charge in [0.1, 0.15) is 0 Å². The van der Waals surface area contributed by atoms with Crippen molar-refractivity contribution in [2.24, 2.45) is 11.3 Å². The fraction of sp³-hybridized carbons (Fsp3) is 0.526. The molecule has 1 aromatic rings. The van der Waals surface area contributed by atoms with Gasteiger partial charge in [0.2, 0.25) is 5.60 Å². The van der Waals surface area contributed by atoms with Gasteiger partial charge in [0.15, 0.2) is 0 Å². The Kier molecular flexibility index (Phi) is 2.86. The maximum atomic E-state index is 12.9. The van der Waals surface area contributed by atoms with Crippen molar-refractivity contribution in [2.45, 2.75) is 51.0 Å². The maximum absolute atomic E-state index is 12.9. The molecule has 4 atom stereocenters. The number of carbonyl (C=O) groups is 3. The van der Waals surface area contributed by atoms with Crippen molar-refractivity contribution in [1.82, 2.24) is 0 Å². The minimum absolute atomic E-state index is 0.409. The van der Waals surface area contributed by atoms with Crippen molar-refractivity contribution >= 4 is 17.9 Å². The quantitative estimate of drug-likeness (QED) is 0.585. The molecule has 2 fully saturated rings. The molecular formula is C19H20O5. The monoisotopic (exact) mass is 328 g/mol. The summed E-state index contributed by atoms with van der Waals surface area (Å²) < 4.78 is 10.8. The number of benzene rings is 1. The molecule has 0 spiro atoms. The first-order valence-corrected chi connectivity index (χ1v) is 8.33. The first kappa shape index (κ1) is 15.4. The fourth-order valence-electron chi connectivity index (χ4n) is 5.57. The number of fused-ring (bicyclic) bond motifs is 3. The molecule has 3 aliphatic rings. The molecule has 0 amide bonds. The molecule has 24 heavy (non-hydrogen) atoms. The lowest BCUT2D eigenvalue weighted by molar-refractivity contribution is -0.227. The number of cyclic esters (lactones) is 2. The summed E-state index contributed by atoms with van der Waals surface area (Å²) in [6.45, 7) is 5.20. The zero-order chi connectivity index (χ0) is 17.3. The molecule has 0 radical (unpaired) electrons. The molecule has 4 rings (SSSR count). The summed E-state index contributed by atoms with van der Waals surface area (Å²) in [5.74, 6) is -2.25. The fourth-order valence-corrected chi connectivity index (χ4v) is 5.57. The zero-order valence-corrected chi connectivity index (χ0v) is 14.0. The average Bonchev–Trinajstić information content (AvgIpc) is 2.74. The van der Waals surface area contributed by atoms with Gasteiger partial charge in [-0.3, -0.25) is 9.59 Å². The van der Waals surface area contributed by atoms with Gasteiger partial charge in [-0.2, -0.15) is 0 Å². The second kappa shape index (κ2) is 4.47. The minimum atomic E-state index is -1.53. The zero-order valence-electron chi connectivity index (χ0n) is 14.0. The smallest absolute Gasteiger partial charge is 0.363 e. The van der Waals surface area contributed by atoms with E-state index in [4.69, 9.17) is 9.47 Å². The van der Waals surface area contributed by atoms with Crippen LogP contribution in [0.1, 0.15) is 51.2 Å². The van der Waals surface area contributed by atoms with Crippen LogP contribution in [0.3, 0.4) is 0 Å². The van der Waals surface area contributed by atoms with Gasteiger partial charge in [-0.15, -0.1) is 0 Å². The SMILES string of the molecule is CC(=O)OC12C(=O)OC(=O)C3(C)CCCC(C)(c4ccccc41)C32. The highest BCUT2D eigenvalue weighted by Crippen LogP contribution is 2.68. The van der Waals surface area contributed by atoms with Crippen molar-refractivity contribution in [3.63, 3.8) is 0 Å². The van der Waals surface area contributed by atoms with Crippen LogP contribution in [0.2, 0.25) is 0 Å². The van der Waals surface area contributed by atoms with Gasteiger partial charge in [-0.25, -0.2) is 4.79 Å². The Hall–Kier alpha value is -2.17. The summed E-state index contributed by atoms with van der Waals surface area (Å²) in [5, 5.41) is 0. The summed E-state index contributed by atoms with van der Waals surface area (Å²) in [5.41, 5.74) is -1.14. The number of hydrogen-bond donors (Lipinski definition) is 0. The van der Waals surface area contributed by atoms with E-state index >= 15 is 0 Å². The first-order chi connectivity index (χ1) is 11.3. The molecule has 1 saturated carbocycles. The first-order valence-electron chi connectivity index (χ1n) is 8.33. The standard InChI is InChI=1S/C19H20O5/c1-11(20)24-19-13-8-5-4-7-12(13)17(2)9-6-10-18(3,14(17)19)15(21)23-16(19)22/h4-5,7-8,14H,6,9-10H2,1-3H3. The van der Waals surface area contributed by atoms with Gasteiger partial charge >= 0.3 is 17.9 Å². The molecule has 0 bridgehead atoms. The predicted molar refractivity (Wildman–Crippen MR) is 83.8 cm³/mol. The Labute approximate surface area is 140 Å². The summed E-state index contributed by atoms with van der Waals surface area (Å²) in [6.07, 6.45) is 2.32. The van der Waals surface area contributed by atoms with Crippen LogP contribution < -0.4 is 0 Å². The van der Waals surface area contributed by atoms with Crippen LogP contribution in [0.15, 0.2) is 24.3 Å². The summed E-state index contributed by atoms with van der Waals surface area (Å²) in [6, 6.07) is 7.54. The van der Waals surface area contributed by atoms with E-state index in [1.54, 1.807) is 0 Å². The molecule has 2 aliphatic carbocycles. The molecule has 4 unspecified atom stereocenters. The highest BCUT2D eigenvalue weighted by molar-refractivity contribution is 6.00. The summed E-state index contributed by atoms with van der Waals surface area (Å²) in [7, 11) is 0. The third-order valence-corrected chi connectivity index (χ3v) is 6.28. The van der Waals surface area contributed by atoms with E-state index in [2.05, 4.69) is 6.92 Å². The molecule has 1 heterocycles. The Morgan fingerprint density at radius 1 is 1.08 bits per heavy atom. The van der Waals surface area contributed by atoms with E-state index in [1.165, 1.54) is 6.92 Å². The van der Waals surface area contributed by atoms with Crippen molar-refractivity contribution in [2.75, 3.05) is 0 Å². The highest BCUT2D eigenvalue weighted by atomic mass is 16.6. The van der Waals surface area contributed by atoms with Gasteiger partial charge < -0.3 is 9.47 Å². The number of rotatable bonds is 1. The van der Waals surface area contributed by atoms with Crippen LogP contribution in [0.25, 0.3) is 0 Å². The van der Waals surface area contributed by atoms with E-state index in [1.807, 2.05) is 31.2 Å². The molecule has 1 aliphatic heterocycles. The molecule has 0 aromatic heterocycles. The number of ether oxygens (including phenoxy) is 2. The van der Waals surface area contributed by atoms with Gasteiger partial charge in [0, 0.05) is 23.8 Å². The van der Waals surface area contributed by atoms with E-state index in [-0.39, 0.29) is 0 Å². The van der Waals surface area contributed by atoms with Crippen LogP contribution in [0.4, 0.5) is 0 Å². The minimum Gasteiger partial charge on any atom is -0.442 e. The number of esters is 3. The van der Waals surface area contributed by atoms with Crippen LogP contribution >= 0.6 is 0 Å². The van der Waals surface area contributed by atoms with Gasteiger partial charge in [-0.1, -0.05) is 37.6 Å². The molecular weight excluding hydrogens is 308 g/mol. The second-order valence-electron chi connectivity index (χ2n) is 7.67. The van der Waals surface area contributed by atoms with E-state index in [0.29, 0.717) is 12.0 Å². The van der Waals surface area contributed by atoms with Gasteiger partial charge in [0.25, 0.3) is 0 Å². The molecule has 1 aromatic carbocycles. The Balaban J connectivity index is 2.08. The third kappa shape index (κ3) is 1.53. The number of hydrogen-bond acceptors (Lipinski definition) is 5. The molecule has 5 heteroatoms. The average molecular weight is 328 g/mol. The largest absolute Gasteiger partial charge is 0.442 e. The lowest BCUT2D eigenvalue weighted by atomic mass is 9.52. The van der Waals surface area contributed by atoms with Crippen molar-refractivity contribution in [1.29, 1.82) is 0 Å². The summed E-state index contributed by atoms with van der Waals surface area (Å²) in [4.78, 5) is 37.4. The van der Waals surface area contributed by atoms with Gasteiger partial charge in [0.05, 0.1) is 5.41 Å². The molecule has 5 nitrogen and oxygen atoms in total. The predicted octanol–water partition coefficient (Wildman–Crippen LogP) is 2.61. The van der Waals surface area contributed by atoms with E-state index in [9.17, 15) is 14.4 Å². The lowest BCUT2D eigenvalue weighted by Gasteiger charge is -2.53. The topological polar surface area (TPSA) is 69.7 Å². The Morgan fingerprint density at radius 2 is 1.71 bits per heavy atom. The normalized spacial score (nSPS) is 39.7. The number of carbonyl (C=O) groups excluding carboxylic acids is 3. The second-order valence-corrected chi connectivity index (χ2v) is 7.67.